The smallest absolute Gasteiger partial charge is 0.252 e. The second-order valence-electron chi connectivity index (χ2n) is 5.13. The Kier molecular flexibility index (Phi) is 4.42. The Morgan fingerprint density at radius 3 is 2.71 bits per heavy atom. The molecule has 24 heavy (non-hydrogen) atoms. The summed E-state index contributed by atoms with van der Waals surface area (Å²) in [5, 5.41) is 5.76. The van der Waals surface area contributed by atoms with Crippen LogP contribution < -0.4 is 16.2 Å². The number of carbonyl (C=O) groups excluding carboxylic acids is 2. The zero-order valence-corrected chi connectivity index (χ0v) is 12.7. The number of furan rings is 1. The first-order valence-corrected chi connectivity index (χ1v) is 7.33. The van der Waals surface area contributed by atoms with Gasteiger partial charge in [0.25, 0.3) is 5.91 Å². The molecule has 0 bridgehead atoms. The Bertz CT molecular complexity index is 928. The fourth-order valence-electron chi connectivity index (χ4n) is 2.31. The second-order valence-corrected chi connectivity index (χ2v) is 5.13. The maximum atomic E-state index is 12.3. The minimum absolute atomic E-state index is 0.194. The lowest BCUT2D eigenvalue weighted by atomic mass is 10.1. The van der Waals surface area contributed by atoms with Gasteiger partial charge in [-0.3, -0.25) is 14.4 Å². The molecule has 0 atom stereocenters. The number of hydrogen-bond acceptors (Lipinski definition) is 4. The van der Waals surface area contributed by atoms with Crippen LogP contribution in [0.5, 0.6) is 0 Å². The zero-order chi connectivity index (χ0) is 16.9. The molecule has 2 heterocycles. The molecule has 2 amide bonds. The van der Waals surface area contributed by atoms with E-state index in [2.05, 4.69) is 15.6 Å². The van der Waals surface area contributed by atoms with Crippen LogP contribution in [0.3, 0.4) is 0 Å². The van der Waals surface area contributed by atoms with Gasteiger partial charge in [-0.15, -0.1) is 0 Å². The van der Waals surface area contributed by atoms with Crippen LogP contribution in [0.15, 0.2) is 57.9 Å². The summed E-state index contributed by atoms with van der Waals surface area (Å²) in [4.78, 5) is 38.4. The number of amides is 2. The number of pyridine rings is 1. The van der Waals surface area contributed by atoms with Gasteiger partial charge < -0.3 is 20.0 Å². The standard InChI is InChI=1S/C17H15N3O4/c21-15-8-13(12-5-1-2-6-14(12)20-15)17(23)19-10-16(22)18-9-11-4-3-7-24-11/h1-8H,9-10H2,(H,18,22)(H,19,23)(H,20,21). The number of H-pyrrole nitrogens is 1. The molecule has 122 valence electrons. The molecule has 3 aromatic rings. The van der Waals surface area contributed by atoms with E-state index < -0.39 is 5.91 Å². The van der Waals surface area contributed by atoms with E-state index in [9.17, 15) is 14.4 Å². The fraction of sp³-hybridized carbons (Fsp3) is 0.118. The maximum Gasteiger partial charge on any atom is 0.252 e. The van der Waals surface area contributed by atoms with Gasteiger partial charge in [0.2, 0.25) is 11.5 Å². The normalized spacial score (nSPS) is 10.5. The van der Waals surface area contributed by atoms with Crippen molar-refractivity contribution in [2.75, 3.05) is 6.54 Å². The van der Waals surface area contributed by atoms with Crippen molar-refractivity contribution in [2.45, 2.75) is 6.54 Å². The minimum atomic E-state index is -0.481. The average Bonchev–Trinajstić information content (AvgIpc) is 3.10. The van der Waals surface area contributed by atoms with Crippen LogP contribution in [0.1, 0.15) is 16.1 Å². The van der Waals surface area contributed by atoms with E-state index in [0.717, 1.165) is 0 Å². The van der Waals surface area contributed by atoms with Crippen molar-refractivity contribution in [1.29, 1.82) is 0 Å². The summed E-state index contributed by atoms with van der Waals surface area (Å²) in [5.41, 5.74) is 0.423. The number of nitrogens with one attached hydrogen (secondary N) is 3. The largest absolute Gasteiger partial charge is 0.467 e. The second kappa shape index (κ2) is 6.82. The highest BCUT2D eigenvalue weighted by Gasteiger charge is 2.12. The molecule has 0 aliphatic carbocycles. The molecule has 2 aromatic heterocycles. The molecule has 3 rings (SSSR count). The highest BCUT2D eigenvalue weighted by Crippen LogP contribution is 2.14. The third kappa shape index (κ3) is 3.52. The Morgan fingerprint density at radius 1 is 1.08 bits per heavy atom. The van der Waals surface area contributed by atoms with Crippen molar-refractivity contribution in [3.63, 3.8) is 0 Å². The monoisotopic (exact) mass is 325 g/mol. The Morgan fingerprint density at radius 2 is 1.92 bits per heavy atom. The highest BCUT2D eigenvalue weighted by molar-refractivity contribution is 6.06. The number of benzene rings is 1. The third-order valence-corrected chi connectivity index (χ3v) is 3.44. The van der Waals surface area contributed by atoms with Crippen LogP contribution in [0.25, 0.3) is 10.9 Å². The molecule has 1 aromatic carbocycles. The number of rotatable bonds is 5. The number of aromatic amines is 1. The quantitative estimate of drug-likeness (QED) is 0.655. The first kappa shape index (κ1) is 15.5. The van der Waals surface area contributed by atoms with Gasteiger partial charge in [0.15, 0.2) is 0 Å². The zero-order valence-electron chi connectivity index (χ0n) is 12.7. The Labute approximate surface area is 136 Å². The third-order valence-electron chi connectivity index (χ3n) is 3.44. The van der Waals surface area contributed by atoms with E-state index in [4.69, 9.17) is 4.42 Å². The van der Waals surface area contributed by atoms with Crippen molar-refractivity contribution in [2.24, 2.45) is 0 Å². The van der Waals surface area contributed by atoms with Crippen LogP contribution in [-0.2, 0) is 11.3 Å². The molecule has 0 unspecified atom stereocenters. The number of aromatic nitrogens is 1. The first-order valence-electron chi connectivity index (χ1n) is 7.33. The summed E-state index contributed by atoms with van der Waals surface area (Å²) in [6, 6.07) is 11.7. The molecule has 3 N–H and O–H groups in total. The summed E-state index contributed by atoms with van der Waals surface area (Å²) in [6.45, 7) is 0.0519. The minimum Gasteiger partial charge on any atom is -0.467 e. The summed E-state index contributed by atoms with van der Waals surface area (Å²) >= 11 is 0. The van der Waals surface area contributed by atoms with Crippen LogP contribution in [-0.4, -0.2) is 23.3 Å². The molecule has 0 spiro atoms. The van der Waals surface area contributed by atoms with Crippen LogP contribution in [0.4, 0.5) is 0 Å². The number of hydrogen-bond donors (Lipinski definition) is 3. The summed E-state index contributed by atoms with van der Waals surface area (Å²) in [7, 11) is 0. The van der Waals surface area contributed by atoms with Crippen LogP contribution in [0.2, 0.25) is 0 Å². The molecule has 0 radical (unpaired) electrons. The van der Waals surface area contributed by atoms with E-state index in [-0.39, 0.29) is 30.1 Å². The maximum absolute atomic E-state index is 12.3. The topological polar surface area (TPSA) is 104 Å². The van der Waals surface area contributed by atoms with Gasteiger partial charge in [-0.25, -0.2) is 0 Å². The molecule has 0 aliphatic heterocycles. The molecule has 7 heteroatoms. The molecule has 0 saturated carbocycles. The van der Waals surface area contributed by atoms with Crippen LogP contribution in [0, 0.1) is 0 Å². The van der Waals surface area contributed by atoms with Gasteiger partial charge in [0.05, 0.1) is 24.9 Å². The van der Waals surface area contributed by atoms with Crippen molar-refractivity contribution in [3.05, 3.63) is 70.4 Å². The van der Waals surface area contributed by atoms with Crippen LogP contribution >= 0.6 is 0 Å². The molecule has 0 fully saturated rings. The van der Waals surface area contributed by atoms with E-state index in [1.807, 2.05) is 0 Å². The van der Waals surface area contributed by atoms with Gasteiger partial charge in [0.1, 0.15) is 5.76 Å². The molecule has 0 aliphatic rings. The summed E-state index contributed by atoms with van der Waals surface area (Å²) in [6.07, 6.45) is 1.52. The van der Waals surface area contributed by atoms with Gasteiger partial charge in [-0.2, -0.15) is 0 Å². The molecule has 0 saturated heterocycles. The lowest BCUT2D eigenvalue weighted by Crippen LogP contribution is -2.37. The first-order chi connectivity index (χ1) is 11.6. The number of carbonyl (C=O) groups is 2. The number of fused-ring (bicyclic) bond motifs is 1. The van der Waals surface area contributed by atoms with E-state index in [1.165, 1.54) is 12.3 Å². The molecule has 7 nitrogen and oxygen atoms in total. The average molecular weight is 325 g/mol. The van der Waals surface area contributed by atoms with Crippen molar-refractivity contribution >= 4 is 22.7 Å². The summed E-state index contributed by atoms with van der Waals surface area (Å²) in [5.74, 6) is -0.213. The molecular formula is C17H15N3O4. The van der Waals surface area contributed by atoms with Crippen molar-refractivity contribution in [3.8, 4) is 0 Å². The Balaban J connectivity index is 1.65. The van der Waals surface area contributed by atoms with Gasteiger partial charge in [0, 0.05) is 17.0 Å². The predicted molar refractivity (Wildman–Crippen MR) is 87.5 cm³/mol. The van der Waals surface area contributed by atoms with E-state index in [1.54, 1.807) is 36.4 Å². The van der Waals surface area contributed by atoms with E-state index >= 15 is 0 Å². The lowest BCUT2D eigenvalue weighted by Gasteiger charge is -2.08. The summed E-state index contributed by atoms with van der Waals surface area (Å²) < 4.78 is 5.10. The van der Waals surface area contributed by atoms with Gasteiger partial charge >= 0.3 is 0 Å². The van der Waals surface area contributed by atoms with E-state index in [0.29, 0.717) is 16.7 Å². The highest BCUT2D eigenvalue weighted by atomic mass is 16.3. The van der Waals surface area contributed by atoms with Crippen molar-refractivity contribution in [1.82, 2.24) is 15.6 Å². The predicted octanol–water partition coefficient (Wildman–Crippen LogP) is 1.17. The lowest BCUT2D eigenvalue weighted by molar-refractivity contribution is -0.120. The Hall–Kier alpha value is -3.35. The fourth-order valence-corrected chi connectivity index (χ4v) is 2.31. The van der Waals surface area contributed by atoms with Gasteiger partial charge in [-0.1, -0.05) is 18.2 Å². The van der Waals surface area contributed by atoms with Crippen molar-refractivity contribution < 1.29 is 14.0 Å². The van der Waals surface area contributed by atoms with Gasteiger partial charge in [-0.05, 0) is 18.2 Å². The SMILES string of the molecule is O=C(CNC(=O)c1cc(=O)[nH]c2ccccc12)NCc1ccco1. The molecular weight excluding hydrogens is 310 g/mol. The number of para-hydroxylation sites is 1.